The van der Waals surface area contributed by atoms with E-state index in [4.69, 9.17) is 5.11 Å². The van der Waals surface area contributed by atoms with Crippen LogP contribution >= 0.6 is 0 Å². The van der Waals surface area contributed by atoms with Crippen LogP contribution in [-0.4, -0.2) is 34.1 Å². The largest absolute Gasteiger partial charge is 0.481 e. The van der Waals surface area contributed by atoms with Crippen LogP contribution in [0.3, 0.4) is 0 Å². The lowest BCUT2D eigenvalue weighted by molar-refractivity contribution is -0.385. The van der Waals surface area contributed by atoms with Crippen LogP contribution in [-0.2, 0) is 4.79 Å². The van der Waals surface area contributed by atoms with Crippen LogP contribution in [0.4, 0.5) is 11.5 Å². The number of nitrogens with zero attached hydrogens (tertiary/aromatic N) is 3. The van der Waals surface area contributed by atoms with E-state index in [1.807, 2.05) is 4.90 Å². The number of carbonyl (C=O) groups is 1. The maximum Gasteiger partial charge on any atom is 0.303 e. The summed E-state index contributed by atoms with van der Waals surface area (Å²) in [5.74, 6) is -0.00700. The van der Waals surface area contributed by atoms with E-state index in [1.165, 1.54) is 12.3 Å². The summed E-state index contributed by atoms with van der Waals surface area (Å²) in [6.07, 6.45) is 3.20. The van der Waals surface area contributed by atoms with Gasteiger partial charge in [-0.1, -0.05) is 0 Å². The summed E-state index contributed by atoms with van der Waals surface area (Å²) in [7, 11) is 0. The molecule has 1 aromatic rings. The molecule has 1 saturated heterocycles. The van der Waals surface area contributed by atoms with E-state index in [2.05, 4.69) is 4.98 Å². The number of carboxylic acids is 1. The quantitative estimate of drug-likeness (QED) is 0.657. The molecule has 7 heteroatoms. The van der Waals surface area contributed by atoms with Gasteiger partial charge in [0.2, 0.25) is 0 Å². The van der Waals surface area contributed by atoms with E-state index < -0.39 is 10.9 Å². The average molecular weight is 265 g/mol. The second kappa shape index (κ2) is 5.64. The Labute approximate surface area is 110 Å². The van der Waals surface area contributed by atoms with E-state index in [9.17, 15) is 14.9 Å². The highest BCUT2D eigenvalue weighted by atomic mass is 16.6. The topological polar surface area (TPSA) is 96.6 Å². The van der Waals surface area contributed by atoms with Gasteiger partial charge in [0, 0.05) is 25.6 Å². The van der Waals surface area contributed by atoms with Crippen molar-refractivity contribution in [1.82, 2.24) is 4.98 Å². The molecule has 0 radical (unpaired) electrons. The molecule has 0 spiro atoms. The lowest BCUT2D eigenvalue weighted by Crippen LogP contribution is -2.36. The molecule has 1 fully saturated rings. The molecular weight excluding hydrogens is 250 g/mol. The second-order valence-corrected chi connectivity index (χ2v) is 4.68. The van der Waals surface area contributed by atoms with Crippen LogP contribution in [0.5, 0.6) is 0 Å². The summed E-state index contributed by atoms with van der Waals surface area (Å²) < 4.78 is 0. The molecule has 0 bridgehead atoms. The Morgan fingerprint density at radius 1 is 1.58 bits per heavy atom. The van der Waals surface area contributed by atoms with Gasteiger partial charge in [-0.05, 0) is 24.8 Å². The van der Waals surface area contributed by atoms with Crippen LogP contribution in [0.25, 0.3) is 0 Å². The molecular formula is C12H15N3O4. The Balaban J connectivity index is 2.04. The van der Waals surface area contributed by atoms with Gasteiger partial charge in [-0.25, -0.2) is 4.98 Å². The van der Waals surface area contributed by atoms with Crippen molar-refractivity contribution in [3.8, 4) is 0 Å². The highest BCUT2D eigenvalue weighted by Gasteiger charge is 2.23. The maximum atomic E-state index is 10.7. The maximum absolute atomic E-state index is 10.7. The number of rotatable bonds is 4. The lowest BCUT2D eigenvalue weighted by Gasteiger charge is -2.32. The predicted molar refractivity (Wildman–Crippen MR) is 68.1 cm³/mol. The van der Waals surface area contributed by atoms with Crippen LogP contribution in [0.2, 0.25) is 0 Å². The van der Waals surface area contributed by atoms with Crippen molar-refractivity contribution in [3.63, 3.8) is 0 Å². The lowest BCUT2D eigenvalue weighted by atomic mass is 9.95. The standard InChI is InChI=1S/C12H15N3O4/c16-12(17)6-9-2-1-5-14(8-9)11-4-3-10(7-13-11)15(18)19/h3-4,7,9H,1-2,5-6,8H2,(H,16,17). The van der Waals surface area contributed by atoms with Crippen molar-refractivity contribution in [1.29, 1.82) is 0 Å². The molecule has 1 atom stereocenters. The Morgan fingerprint density at radius 2 is 2.37 bits per heavy atom. The summed E-state index contributed by atoms with van der Waals surface area (Å²) in [6, 6.07) is 3.03. The third-order valence-corrected chi connectivity index (χ3v) is 3.25. The first-order chi connectivity index (χ1) is 9.06. The summed E-state index contributed by atoms with van der Waals surface area (Å²) in [6.45, 7) is 1.44. The highest BCUT2D eigenvalue weighted by molar-refractivity contribution is 5.67. The van der Waals surface area contributed by atoms with Crippen molar-refractivity contribution < 1.29 is 14.8 Å². The van der Waals surface area contributed by atoms with Gasteiger partial charge in [0.1, 0.15) is 12.0 Å². The summed E-state index contributed by atoms with van der Waals surface area (Å²) in [5.41, 5.74) is -0.0390. The molecule has 1 N–H and O–H groups in total. The van der Waals surface area contributed by atoms with E-state index in [0.717, 1.165) is 19.4 Å². The molecule has 19 heavy (non-hydrogen) atoms. The van der Waals surface area contributed by atoms with Crippen LogP contribution in [0.1, 0.15) is 19.3 Å². The highest BCUT2D eigenvalue weighted by Crippen LogP contribution is 2.24. The van der Waals surface area contributed by atoms with Crippen molar-refractivity contribution in [2.75, 3.05) is 18.0 Å². The van der Waals surface area contributed by atoms with Crippen molar-refractivity contribution >= 4 is 17.5 Å². The fourth-order valence-electron chi connectivity index (χ4n) is 2.36. The number of aromatic nitrogens is 1. The molecule has 0 amide bonds. The van der Waals surface area contributed by atoms with Gasteiger partial charge in [0.25, 0.3) is 5.69 Å². The minimum Gasteiger partial charge on any atom is -0.481 e. The van der Waals surface area contributed by atoms with E-state index in [-0.39, 0.29) is 18.0 Å². The smallest absolute Gasteiger partial charge is 0.303 e. The first-order valence-corrected chi connectivity index (χ1v) is 6.13. The Kier molecular flexibility index (Phi) is 3.94. The van der Waals surface area contributed by atoms with Gasteiger partial charge in [0.05, 0.1) is 4.92 Å². The third-order valence-electron chi connectivity index (χ3n) is 3.25. The number of pyridine rings is 1. The number of hydrogen-bond acceptors (Lipinski definition) is 5. The van der Waals surface area contributed by atoms with Gasteiger partial charge in [0.15, 0.2) is 0 Å². The van der Waals surface area contributed by atoms with Gasteiger partial charge >= 0.3 is 5.97 Å². The number of aliphatic carboxylic acids is 1. The molecule has 1 aromatic heterocycles. The van der Waals surface area contributed by atoms with Crippen LogP contribution < -0.4 is 4.90 Å². The normalized spacial score (nSPS) is 19.2. The number of nitro groups is 1. The van der Waals surface area contributed by atoms with Crippen molar-refractivity contribution in [2.24, 2.45) is 5.92 Å². The Morgan fingerprint density at radius 3 is 2.95 bits per heavy atom. The fraction of sp³-hybridized carbons (Fsp3) is 0.500. The summed E-state index contributed by atoms with van der Waals surface area (Å²) in [5, 5.41) is 19.4. The number of piperidine rings is 1. The van der Waals surface area contributed by atoms with Gasteiger partial charge in [-0.2, -0.15) is 0 Å². The number of hydrogen-bond donors (Lipinski definition) is 1. The zero-order chi connectivity index (χ0) is 13.8. The Bertz CT molecular complexity index is 474. The van der Waals surface area contributed by atoms with Crippen LogP contribution in [0, 0.1) is 16.0 Å². The minimum absolute atomic E-state index is 0.0390. The first-order valence-electron chi connectivity index (χ1n) is 6.13. The third kappa shape index (κ3) is 3.40. The summed E-state index contributed by atoms with van der Waals surface area (Å²) in [4.78, 5) is 26.8. The monoisotopic (exact) mass is 265 g/mol. The second-order valence-electron chi connectivity index (χ2n) is 4.68. The van der Waals surface area contributed by atoms with Gasteiger partial charge in [-0.3, -0.25) is 14.9 Å². The molecule has 1 unspecified atom stereocenters. The molecule has 2 heterocycles. The molecule has 7 nitrogen and oxygen atoms in total. The molecule has 1 aliphatic rings. The van der Waals surface area contributed by atoms with Crippen molar-refractivity contribution in [3.05, 3.63) is 28.4 Å². The molecule has 0 aromatic carbocycles. The number of anilines is 1. The first kappa shape index (κ1) is 13.3. The zero-order valence-corrected chi connectivity index (χ0v) is 10.4. The average Bonchev–Trinajstić information content (AvgIpc) is 2.38. The van der Waals surface area contributed by atoms with E-state index in [0.29, 0.717) is 12.4 Å². The SMILES string of the molecule is O=C(O)CC1CCCN(c2ccc([N+](=O)[O-])cn2)C1. The van der Waals surface area contributed by atoms with Gasteiger partial charge in [-0.15, -0.1) is 0 Å². The molecule has 102 valence electrons. The zero-order valence-electron chi connectivity index (χ0n) is 10.4. The fourth-order valence-corrected chi connectivity index (χ4v) is 2.36. The van der Waals surface area contributed by atoms with Crippen LogP contribution in [0.15, 0.2) is 18.3 Å². The minimum atomic E-state index is -0.788. The number of carboxylic acid groups (broad SMARTS) is 1. The van der Waals surface area contributed by atoms with Crippen molar-refractivity contribution in [2.45, 2.75) is 19.3 Å². The van der Waals surface area contributed by atoms with Gasteiger partial charge < -0.3 is 10.0 Å². The molecule has 1 aliphatic heterocycles. The molecule has 2 rings (SSSR count). The summed E-state index contributed by atoms with van der Waals surface area (Å²) >= 11 is 0. The van der Waals surface area contributed by atoms with E-state index in [1.54, 1.807) is 6.07 Å². The molecule has 0 saturated carbocycles. The Hall–Kier alpha value is -2.18. The predicted octanol–water partition coefficient (Wildman–Crippen LogP) is 1.68. The van der Waals surface area contributed by atoms with E-state index >= 15 is 0 Å². The molecule has 0 aliphatic carbocycles.